The summed E-state index contributed by atoms with van der Waals surface area (Å²) in [4.78, 5) is 37.3. The second-order valence-electron chi connectivity index (χ2n) is 20.5. The van der Waals surface area contributed by atoms with E-state index in [1.807, 2.05) is 21.1 Å². The summed E-state index contributed by atoms with van der Waals surface area (Å²) in [6.45, 7) is 4.43. The van der Waals surface area contributed by atoms with Crippen molar-refractivity contribution in [2.75, 3.05) is 47.5 Å². The van der Waals surface area contributed by atoms with E-state index in [1.165, 1.54) is 19.3 Å². The predicted molar refractivity (Wildman–Crippen MR) is 333 cm³/mol. The van der Waals surface area contributed by atoms with E-state index in [0.717, 1.165) is 135 Å². The van der Waals surface area contributed by atoms with E-state index in [-0.39, 0.29) is 38.6 Å². The fourth-order valence-electron chi connectivity index (χ4n) is 7.38. The van der Waals surface area contributed by atoms with E-state index in [1.54, 1.807) is 0 Å². The first-order valence-electron chi connectivity index (χ1n) is 30.3. The molecule has 0 N–H and O–H groups in total. The molecule has 0 saturated carbocycles. The summed E-state index contributed by atoms with van der Waals surface area (Å²) in [5.74, 6) is -2.37. The van der Waals surface area contributed by atoms with Gasteiger partial charge in [-0.3, -0.25) is 9.59 Å². The number of aliphatic carboxylic acids is 1. The molecule has 0 heterocycles. The fourth-order valence-corrected chi connectivity index (χ4v) is 7.38. The molecule has 0 aliphatic carbocycles. The molecule has 0 amide bonds. The van der Waals surface area contributed by atoms with Crippen molar-refractivity contribution in [3.8, 4) is 0 Å². The number of quaternary nitrogens is 1. The zero-order valence-electron chi connectivity index (χ0n) is 50.2. The van der Waals surface area contributed by atoms with Crippen molar-refractivity contribution in [1.29, 1.82) is 0 Å². The third kappa shape index (κ3) is 60.1. The highest BCUT2D eigenvalue weighted by atomic mass is 16.7. The first-order chi connectivity index (χ1) is 38.6. The Labute approximate surface area is 482 Å². The van der Waals surface area contributed by atoms with Gasteiger partial charge in [-0.25, -0.2) is 0 Å². The van der Waals surface area contributed by atoms with E-state index in [9.17, 15) is 19.5 Å². The molecule has 0 spiro atoms. The number of hydrogen-bond donors (Lipinski definition) is 0. The quantitative estimate of drug-likeness (QED) is 0.0195. The van der Waals surface area contributed by atoms with Gasteiger partial charge in [0, 0.05) is 12.8 Å². The first kappa shape index (κ1) is 73.7. The predicted octanol–water partition coefficient (Wildman–Crippen LogP) is 17.0. The molecule has 9 heteroatoms. The highest BCUT2D eigenvalue weighted by molar-refractivity contribution is 5.70. The maximum atomic E-state index is 12.9. The Kier molecular flexibility index (Phi) is 54.8. The Balaban J connectivity index is 4.39. The summed E-state index contributed by atoms with van der Waals surface area (Å²) >= 11 is 0. The SMILES string of the molecule is CC/C=C\C/C=C\C/C=C\C/C=C\C/C=C\C/C=C\C/C=C\C/C=C\C/C=C\CCCCCC(=O)OC(COC(=O)CCCCCCCCC/C=C\C/C=C\C/C=C\C/C=C\C/C=C\CC)COC(OCC[N+](C)(C)C)C(=O)[O-]. The van der Waals surface area contributed by atoms with Crippen molar-refractivity contribution in [3.63, 3.8) is 0 Å². The maximum absolute atomic E-state index is 12.9. The van der Waals surface area contributed by atoms with Gasteiger partial charge in [0.25, 0.3) is 0 Å². The van der Waals surface area contributed by atoms with Crippen molar-refractivity contribution in [2.45, 2.75) is 206 Å². The molecule has 0 saturated heterocycles. The minimum Gasteiger partial charge on any atom is -0.545 e. The Morgan fingerprint density at radius 2 is 0.684 bits per heavy atom. The number of carbonyl (C=O) groups is 3. The van der Waals surface area contributed by atoms with Crippen molar-refractivity contribution in [2.24, 2.45) is 0 Å². The van der Waals surface area contributed by atoms with Gasteiger partial charge in [-0.1, -0.05) is 223 Å². The molecular weight excluding hydrogens is 983 g/mol. The number of likely N-dealkylation sites (N-methyl/N-ethyl adjacent to an activating group) is 1. The summed E-state index contributed by atoms with van der Waals surface area (Å²) in [7, 11) is 5.89. The summed E-state index contributed by atoms with van der Waals surface area (Å²) in [5.41, 5.74) is 0. The number of allylic oxidation sites excluding steroid dienone is 28. The maximum Gasteiger partial charge on any atom is 0.306 e. The van der Waals surface area contributed by atoms with Crippen LogP contribution in [-0.2, 0) is 33.3 Å². The zero-order chi connectivity index (χ0) is 57.6. The van der Waals surface area contributed by atoms with Gasteiger partial charge in [0.2, 0.25) is 0 Å². The van der Waals surface area contributed by atoms with Crippen LogP contribution in [0.3, 0.4) is 0 Å². The number of esters is 2. The first-order valence-corrected chi connectivity index (χ1v) is 30.3. The van der Waals surface area contributed by atoms with Crippen LogP contribution in [-0.4, -0.2) is 82.3 Å². The zero-order valence-corrected chi connectivity index (χ0v) is 50.2. The molecule has 2 atom stereocenters. The van der Waals surface area contributed by atoms with Crippen LogP contribution in [0, 0.1) is 0 Å². The van der Waals surface area contributed by atoms with Gasteiger partial charge in [-0.15, -0.1) is 0 Å². The number of carboxylic acids is 1. The van der Waals surface area contributed by atoms with E-state index in [2.05, 4.69) is 184 Å². The van der Waals surface area contributed by atoms with Crippen LogP contribution < -0.4 is 5.11 Å². The minimum absolute atomic E-state index is 0.128. The smallest absolute Gasteiger partial charge is 0.306 e. The van der Waals surface area contributed by atoms with Gasteiger partial charge in [-0.2, -0.15) is 0 Å². The van der Waals surface area contributed by atoms with Crippen LogP contribution in [0.4, 0.5) is 0 Å². The van der Waals surface area contributed by atoms with Gasteiger partial charge in [0.05, 0.1) is 40.3 Å². The largest absolute Gasteiger partial charge is 0.545 e. The van der Waals surface area contributed by atoms with Crippen LogP contribution in [0.5, 0.6) is 0 Å². The van der Waals surface area contributed by atoms with Crippen molar-refractivity contribution in [1.82, 2.24) is 0 Å². The molecule has 9 nitrogen and oxygen atoms in total. The van der Waals surface area contributed by atoms with Crippen LogP contribution in [0.15, 0.2) is 170 Å². The number of hydrogen-bond acceptors (Lipinski definition) is 8. The molecule has 0 aliphatic rings. The number of nitrogens with zero attached hydrogens (tertiary/aromatic N) is 1. The second kappa shape index (κ2) is 58.8. The highest BCUT2D eigenvalue weighted by Crippen LogP contribution is 2.13. The summed E-state index contributed by atoms with van der Waals surface area (Å²) in [6, 6.07) is 0. The molecular formula is C70H109NO8. The van der Waals surface area contributed by atoms with Crippen molar-refractivity contribution < 1.29 is 42.9 Å². The highest BCUT2D eigenvalue weighted by Gasteiger charge is 2.22. The van der Waals surface area contributed by atoms with E-state index in [4.69, 9.17) is 18.9 Å². The Hall–Kier alpha value is -5.35. The second-order valence-corrected chi connectivity index (χ2v) is 20.5. The Morgan fingerprint density at radius 3 is 1.03 bits per heavy atom. The fraction of sp³-hybridized carbons (Fsp3) is 0.557. The Morgan fingerprint density at radius 1 is 0.380 bits per heavy atom. The van der Waals surface area contributed by atoms with Crippen molar-refractivity contribution >= 4 is 17.9 Å². The van der Waals surface area contributed by atoms with Gasteiger partial charge < -0.3 is 33.3 Å². The molecule has 0 radical (unpaired) electrons. The minimum atomic E-state index is -1.65. The molecule has 0 fully saturated rings. The third-order valence-corrected chi connectivity index (χ3v) is 12.0. The molecule has 0 aromatic heterocycles. The monoisotopic (exact) mass is 1090 g/mol. The van der Waals surface area contributed by atoms with Gasteiger partial charge in [0.1, 0.15) is 13.2 Å². The average molecular weight is 1090 g/mol. The average Bonchev–Trinajstić information content (AvgIpc) is 3.42. The third-order valence-electron chi connectivity index (χ3n) is 12.0. The number of rotatable bonds is 53. The lowest BCUT2D eigenvalue weighted by Gasteiger charge is -2.26. The van der Waals surface area contributed by atoms with Gasteiger partial charge >= 0.3 is 11.9 Å². The van der Waals surface area contributed by atoms with Crippen molar-refractivity contribution in [3.05, 3.63) is 170 Å². The number of carboxylic acid groups (broad SMARTS) is 1. The van der Waals surface area contributed by atoms with E-state index < -0.39 is 24.3 Å². The number of unbranched alkanes of at least 4 members (excludes halogenated alkanes) is 10. The molecule has 0 bridgehead atoms. The standard InChI is InChI=1S/C70H109NO8/c1-6-8-10-12-14-16-18-20-22-24-26-28-30-31-32-33-34-35-36-37-39-41-43-45-47-49-51-53-55-57-59-61-68(73)79-66(65-78-70(69(74)75)76-63-62-71(3,4)5)64-77-67(72)60-58-56-54-52-50-48-46-44-42-40-38-29-27-25-23-21-19-17-15-13-11-9-7-2/h8-11,14-17,20-23,26-29,31-32,34-35,37,39-40,42-43,45,49,51,66,70H,6-7,12-13,18-19,24-25,30,33,36,38,41,44,46-48,50,52-65H2,1-5H3/b10-8-,11-9-,16-14-,17-15-,22-20-,23-21-,28-26-,29-27-,32-31-,35-34-,39-37-,42-40-,45-43-,51-49-. The topological polar surface area (TPSA) is 111 Å². The van der Waals surface area contributed by atoms with Gasteiger partial charge in [0.15, 0.2) is 12.4 Å². The number of carbonyl (C=O) groups excluding carboxylic acids is 3. The lowest BCUT2D eigenvalue weighted by molar-refractivity contribution is -0.870. The van der Waals surface area contributed by atoms with Crippen LogP contribution in [0.1, 0.15) is 194 Å². The van der Waals surface area contributed by atoms with Gasteiger partial charge in [-0.05, 0) is 128 Å². The van der Waals surface area contributed by atoms with E-state index in [0.29, 0.717) is 23.9 Å². The summed E-state index contributed by atoms with van der Waals surface area (Å²) in [5, 5.41) is 11.8. The molecule has 2 unspecified atom stereocenters. The Bertz CT molecular complexity index is 1900. The molecule has 0 aromatic carbocycles. The number of ether oxygens (including phenoxy) is 4. The lowest BCUT2D eigenvalue weighted by Crippen LogP contribution is -2.44. The normalized spacial score (nSPS) is 14.0. The van der Waals surface area contributed by atoms with Crippen LogP contribution >= 0.6 is 0 Å². The summed E-state index contributed by atoms with van der Waals surface area (Å²) < 4.78 is 22.7. The van der Waals surface area contributed by atoms with Crippen LogP contribution in [0.2, 0.25) is 0 Å². The molecule has 442 valence electrons. The molecule has 0 aromatic rings. The lowest BCUT2D eigenvalue weighted by atomic mass is 10.1. The van der Waals surface area contributed by atoms with Crippen LogP contribution in [0.25, 0.3) is 0 Å². The van der Waals surface area contributed by atoms with E-state index >= 15 is 0 Å². The summed E-state index contributed by atoms with van der Waals surface area (Å²) in [6.07, 6.45) is 85.4. The molecule has 0 aliphatic heterocycles. The molecule has 0 rings (SSSR count). The molecule has 79 heavy (non-hydrogen) atoms.